The number of hydrogen-bond donors (Lipinski definition) is 0. The van der Waals surface area contributed by atoms with Crippen molar-refractivity contribution >= 4 is 29.1 Å². The van der Waals surface area contributed by atoms with Gasteiger partial charge in [0.25, 0.3) is 11.8 Å². The molecule has 2 heterocycles. The van der Waals surface area contributed by atoms with Crippen molar-refractivity contribution in [3.05, 3.63) is 70.2 Å². The maximum atomic E-state index is 12.4. The number of rotatable bonds is 5. The van der Waals surface area contributed by atoms with Crippen LogP contribution in [0.2, 0.25) is 0 Å². The smallest absolute Gasteiger partial charge is 0.338 e. The Bertz CT molecular complexity index is 1140. The minimum atomic E-state index is -0.588. The average Bonchev–Trinajstić information content (AvgIpc) is 3.31. The second-order valence-electron chi connectivity index (χ2n) is 6.35. The summed E-state index contributed by atoms with van der Waals surface area (Å²) >= 11 is 1.43. The zero-order chi connectivity index (χ0) is 20.5. The molecular formula is C21H16N2O5S. The van der Waals surface area contributed by atoms with Gasteiger partial charge in [-0.15, -0.1) is 11.3 Å². The van der Waals surface area contributed by atoms with Gasteiger partial charge in [-0.25, -0.2) is 9.78 Å². The molecule has 2 aromatic carbocycles. The Balaban J connectivity index is 1.47. The third kappa shape index (κ3) is 3.38. The first-order valence-electron chi connectivity index (χ1n) is 8.71. The first-order chi connectivity index (χ1) is 14.0. The highest BCUT2D eigenvalue weighted by atomic mass is 32.1. The predicted molar refractivity (Wildman–Crippen MR) is 106 cm³/mol. The van der Waals surface area contributed by atoms with E-state index in [9.17, 15) is 14.4 Å². The van der Waals surface area contributed by atoms with Crippen LogP contribution in [0.4, 0.5) is 0 Å². The van der Waals surface area contributed by atoms with Crippen molar-refractivity contribution in [3.63, 3.8) is 0 Å². The summed E-state index contributed by atoms with van der Waals surface area (Å²) in [5, 5.41) is 2.58. The van der Waals surface area contributed by atoms with Crippen LogP contribution in [0.25, 0.3) is 10.6 Å². The van der Waals surface area contributed by atoms with Gasteiger partial charge in [-0.2, -0.15) is 0 Å². The fraction of sp³-hybridized carbons (Fsp3) is 0.143. The lowest BCUT2D eigenvalue weighted by Gasteiger charge is -2.05. The van der Waals surface area contributed by atoms with E-state index in [0.717, 1.165) is 15.5 Å². The summed E-state index contributed by atoms with van der Waals surface area (Å²) < 4.78 is 10.7. The third-order valence-electron chi connectivity index (χ3n) is 4.57. The van der Waals surface area contributed by atoms with Gasteiger partial charge in [-0.05, 0) is 30.3 Å². The Kier molecular flexibility index (Phi) is 4.85. The molecular weight excluding hydrogens is 392 g/mol. The number of nitrogens with zero attached hydrogens (tertiary/aromatic N) is 2. The minimum absolute atomic E-state index is 0.00561. The first kappa shape index (κ1) is 18.8. The molecule has 0 unspecified atom stereocenters. The number of imide groups is 1. The van der Waals surface area contributed by atoms with Crippen LogP contribution < -0.4 is 4.74 Å². The van der Waals surface area contributed by atoms with Gasteiger partial charge in [0.1, 0.15) is 17.4 Å². The molecule has 0 spiro atoms. The number of fused-ring (bicyclic) bond motifs is 1. The molecule has 4 rings (SSSR count). The summed E-state index contributed by atoms with van der Waals surface area (Å²) in [6.07, 6.45) is 0. The standard InChI is InChI=1S/C21H16N2O5S/c1-23-19(24)14-8-7-12(9-16(14)20(23)25)21(26)28-10-13-11-29-18(22-13)15-5-3-4-6-17(15)27-2/h3-9,11H,10H2,1-2H3. The number of thiazole rings is 1. The van der Waals surface area contributed by atoms with E-state index in [4.69, 9.17) is 9.47 Å². The van der Waals surface area contributed by atoms with Crippen LogP contribution in [0.1, 0.15) is 36.8 Å². The van der Waals surface area contributed by atoms with E-state index in [1.165, 1.54) is 36.6 Å². The minimum Gasteiger partial charge on any atom is -0.496 e. The van der Waals surface area contributed by atoms with Gasteiger partial charge in [0.2, 0.25) is 0 Å². The van der Waals surface area contributed by atoms with E-state index in [1.807, 2.05) is 29.6 Å². The van der Waals surface area contributed by atoms with Gasteiger partial charge in [-0.3, -0.25) is 14.5 Å². The average molecular weight is 408 g/mol. The van der Waals surface area contributed by atoms with Gasteiger partial charge < -0.3 is 9.47 Å². The van der Waals surface area contributed by atoms with Crippen molar-refractivity contribution < 1.29 is 23.9 Å². The summed E-state index contributed by atoms with van der Waals surface area (Å²) in [6, 6.07) is 11.9. The summed E-state index contributed by atoms with van der Waals surface area (Å²) in [4.78, 5) is 41.9. The molecule has 0 radical (unpaired) electrons. The number of amides is 2. The molecule has 146 valence electrons. The largest absolute Gasteiger partial charge is 0.496 e. The van der Waals surface area contributed by atoms with E-state index in [-0.39, 0.29) is 29.2 Å². The van der Waals surface area contributed by atoms with E-state index in [1.54, 1.807) is 7.11 Å². The molecule has 0 saturated carbocycles. The maximum absolute atomic E-state index is 12.4. The molecule has 0 bridgehead atoms. The number of aromatic nitrogens is 1. The highest BCUT2D eigenvalue weighted by Crippen LogP contribution is 2.32. The lowest BCUT2D eigenvalue weighted by atomic mass is 10.1. The normalized spacial score (nSPS) is 12.8. The number of hydrogen-bond acceptors (Lipinski definition) is 7. The predicted octanol–water partition coefficient (Wildman–Crippen LogP) is 3.40. The molecule has 0 saturated heterocycles. The Hall–Kier alpha value is -3.52. The maximum Gasteiger partial charge on any atom is 0.338 e. The number of benzene rings is 2. The molecule has 0 atom stereocenters. The molecule has 0 fully saturated rings. The molecule has 2 amide bonds. The van der Waals surface area contributed by atoms with Gasteiger partial charge in [0, 0.05) is 12.4 Å². The number of methoxy groups -OCH3 is 1. The summed E-state index contributed by atoms with van der Waals surface area (Å²) in [7, 11) is 3.01. The lowest BCUT2D eigenvalue weighted by molar-refractivity contribution is 0.0468. The topological polar surface area (TPSA) is 85.8 Å². The van der Waals surface area contributed by atoms with Gasteiger partial charge in [-0.1, -0.05) is 12.1 Å². The Morgan fingerprint density at radius 1 is 1.07 bits per heavy atom. The van der Waals surface area contributed by atoms with Gasteiger partial charge in [0.15, 0.2) is 0 Å². The van der Waals surface area contributed by atoms with Crippen LogP contribution in [0, 0.1) is 0 Å². The van der Waals surface area contributed by atoms with Crippen LogP contribution in [0.5, 0.6) is 5.75 Å². The monoisotopic (exact) mass is 408 g/mol. The van der Waals surface area contributed by atoms with Crippen molar-refractivity contribution in [3.8, 4) is 16.3 Å². The summed E-state index contributed by atoms with van der Waals surface area (Å²) in [5.41, 5.74) is 2.18. The van der Waals surface area contributed by atoms with Crippen LogP contribution in [0.3, 0.4) is 0 Å². The molecule has 3 aromatic rings. The van der Waals surface area contributed by atoms with Gasteiger partial charge in [0.05, 0.1) is 35.1 Å². The second-order valence-corrected chi connectivity index (χ2v) is 7.21. The Labute approximate surface area is 170 Å². The van der Waals surface area contributed by atoms with Gasteiger partial charge >= 0.3 is 5.97 Å². The molecule has 29 heavy (non-hydrogen) atoms. The SMILES string of the molecule is COc1ccccc1-c1nc(COC(=O)c2ccc3c(c2)C(=O)N(C)C3=O)cs1. The molecule has 1 aromatic heterocycles. The van der Waals surface area contributed by atoms with Crippen LogP contribution in [-0.2, 0) is 11.3 Å². The lowest BCUT2D eigenvalue weighted by Crippen LogP contribution is -2.24. The second kappa shape index (κ2) is 7.48. The van der Waals surface area contributed by atoms with Crippen molar-refractivity contribution in [2.75, 3.05) is 14.2 Å². The Morgan fingerprint density at radius 3 is 2.62 bits per heavy atom. The van der Waals surface area contributed by atoms with E-state index >= 15 is 0 Å². The van der Waals surface area contributed by atoms with E-state index in [2.05, 4.69) is 4.98 Å². The quantitative estimate of drug-likeness (QED) is 0.475. The van der Waals surface area contributed by atoms with Crippen molar-refractivity contribution in [2.24, 2.45) is 0 Å². The number of esters is 1. The van der Waals surface area contributed by atoms with Crippen molar-refractivity contribution in [2.45, 2.75) is 6.61 Å². The number of carbonyl (C=O) groups is 3. The first-order valence-corrected chi connectivity index (χ1v) is 9.59. The van der Waals surface area contributed by atoms with E-state index < -0.39 is 11.9 Å². The van der Waals surface area contributed by atoms with E-state index in [0.29, 0.717) is 11.4 Å². The highest BCUT2D eigenvalue weighted by Gasteiger charge is 2.33. The number of para-hydroxylation sites is 1. The fourth-order valence-corrected chi connectivity index (χ4v) is 3.86. The summed E-state index contributed by atoms with van der Waals surface area (Å²) in [5.74, 6) is -0.681. The number of carbonyl (C=O) groups excluding carboxylic acids is 3. The molecule has 1 aliphatic heterocycles. The third-order valence-corrected chi connectivity index (χ3v) is 5.49. The Morgan fingerprint density at radius 2 is 1.83 bits per heavy atom. The molecule has 8 heteroatoms. The van der Waals surface area contributed by atoms with Crippen molar-refractivity contribution in [1.82, 2.24) is 9.88 Å². The molecule has 7 nitrogen and oxygen atoms in total. The molecule has 0 aliphatic carbocycles. The van der Waals surface area contributed by atoms with Crippen LogP contribution in [0.15, 0.2) is 47.8 Å². The molecule has 0 N–H and O–H groups in total. The zero-order valence-corrected chi connectivity index (χ0v) is 16.5. The van der Waals surface area contributed by atoms with Crippen LogP contribution >= 0.6 is 11.3 Å². The highest BCUT2D eigenvalue weighted by molar-refractivity contribution is 7.13. The number of ether oxygens (including phenoxy) is 2. The van der Waals surface area contributed by atoms with Crippen molar-refractivity contribution in [1.29, 1.82) is 0 Å². The molecule has 1 aliphatic rings. The zero-order valence-electron chi connectivity index (χ0n) is 15.7. The fourth-order valence-electron chi connectivity index (χ4n) is 3.03. The van der Waals surface area contributed by atoms with Crippen LogP contribution in [-0.4, -0.2) is 41.8 Å². The summed E-state index contributed by atoms with van der Waals surface area (Å²) in [6.45, 7) is -0.00561.